The Bertz CT molecular complexity index is 487. The lowest BCUT2D eigenvalue weighted by molar-refractivity contribution is 0.0170. The van der Waals surface area contributed by atoms with Gasteiger partial charge in [0.05, 0.1) is 5.60 Å². The highest BCUT2D eigenvalue weighted by Crippen LogP contribution is 2.14. The molecule has 1 aromatic rings. The molecular formula is C15H20N2O2. The molecule has 0 spiro atoms. The summed E-state index contributed by atoms with van der Waals surface area (Å²) >= 11 is 0. The number of benzene rings is 1. The third-order valence-electron chi connectivity index (χ3n) is 3.14. The highest BCUT2D eigenvalue weighted by molar-refractivity contribution is 5.89. The van der Waals surface area contributed by atoms with E-state index in [0.717, 1.165) is 0 Å². The molecule has 4 nitrogen and oxygen atoms in total. The van der Waals surface area contributed by atoms with Crippen LogP contribution in [0.1, 0.15) is 26.3 Å². The van der Waals surface area contributed by atoms with Crippen LogP contribution in [0.4, 0.5) is 10.5 Å². The van der Waals surface area contributed by atoms with Gasteiger partial charge < -0.3 is 15.7 Å². The first kappa shape index (κ1) is 15.1. The van der Waals surface area contributed by atoms with Crippen molar-refractivity contribution in [3.8, 4) is 12.3 Å². The van der Waals surface area contributed by atoms with Crippen molar-refractivity contribution in [1.82, 2.24) is 5.32 Å². The Morgan fingerprint density at radius 2 is 2.21 bits per heavy atom. The minimum atomic E-state index is -0.933. The molecule has 0 saturated carbocycles. The number of hydrogen-bond donors (Lipinski definition) is 3. The minimum absolute atomic E-state index is 0.0533. The van der Waals surface area contributed by atoms with Crippen LogP contribution in [0, 0.1) is 18.3 Å². The number of amides is 2. The molecule has 1 unspecified atom stereocenters. The van der Waals surface area contributed by atoms with E-state index in [1.165, 1.54) is 0 Å². The van der Waals surface area contributed by atoms with E-state index < -0.39 is 5.60 Å². The van der Waals surface area contributed by atoms with E-state index in [2.05, 4.69) is 16.6 Å². The molecule has 3 N–H and O–H groups in total. The zero-order valence-electron chi connectivity index (χ0n) is 11.5. The smallest absolute Gasteiger partial charge is 0.319 e. The van der Waals surface area contributed by atoms with E-state index in [1.54, 1.807) is 31.2 Å². The third-order valence-corrected chi connectivity index (χ3v) is 3.14. The van der Waals surface area contributed by atoms with Gasteiger partial charge in [-0.1, -0.05) is 25.8 Å². The lowest BCUT2D eigenvalue weighted by atomic mass is 9.93. The molecular weight excluding hydrogens is 240 g/mol. The molecule has 0 heterocycles. The average molecular weight is 260 g/mol. The summed E-state index contributed by atoms with van der Waals surface area (Å²) in [7, 11) is 0. The van der Waals surface area contributed by atoms with Crippen molar-refractivity contribution in [1.29, 1.82) is 0 Å². The zero-order chi connectivity index (χ0) is 14.5. The van der Waals surface area contributed by atoms with Crippen molar-refractivity contribution in [3.05, 3.63) is 29.8 Å². The Morgan fingerprint density at radius 1 is 1.53 bits per heavy atom. The average Bonchev–Trinajstić information content (AvgIpc) is 2.36. The fraction of sp³-hybridized carbons (Fsp3) is 0.400. The molecule has 0 aliphatic rings. The number of carbonyl (C=O) groups excluding carboxylic acids is 1. The second-order valence-corrected chi connectivity index (χ2v) is 5.04. The molecule has 0 aliphatic carbocycles. The van der Waals surface area contributed by atoms with Gasteiger partial charge in [0, 0.05) is 17.8 Å². The second-order valence-electron chi connectivity index (χ2n) is 5.04. The predicted molar refractivity (Wildman–Crippen MR) is 76.9 cm³/mol. The zero-order valence-corrected chi connectivity index (χ0v) is 11.5. The molecule has 4 heteroatoms. The second kappa shape index (κ2) is 6.26. The van der Waals surface area contributed by atoms with Crippen LogP contribution in [0.5, 0.6) is 0 Å². The highest BCUT2D eigenvalue weighted by Gasteiger charge is 2.25. The predicted octanol–water partition coefficient (Wildman–Crippen LogP) is 2.20. The quantitative estimate of drug-likeness (QED) is 0.727. The summed E-state index contributed by atoms with van der Waals surface area (Å²) in [6.07, 6.45) is 5.29. The summed E-state index contributed by atoms with van der Waals surface area (Å²) in [5.74, 6) is 2.55. The first-order chi connectivity index (χ1) is 8.85. The number of carbonyl (C=O) groups is 1. The van der Waals surface area contributed by atoms with Crippen LogP contribution in [0.2, 0.25) is 0 Å². The first-order valence-corrected chi connectivity index (χ1v) is 6.19. The SMILES string of the molecule is C#Cc1cccc(NC(=O)NCC(C)(O)C(C)C)c1. The van der Waals surface area contributed by atoms with Gasteiger partial charge >= 0.3 is 6.03 Å². The van der Waals surface area contributed by atoms with Gasteiger partial charge in [0.2, 0.25) is 0 Å². The van der Waals surface area contributed by atoms with Crippen molar-refractivity contribution in [2.24, 2.45) is 5.92 Å². The number of hydrogen-bond acceptors (Lipinski definition) is 2. The third kappa shape index (κ3) is 4.65. The maximum Gasteiger partial charge on any atom is 0.319 e. The largest absolute Gasteiger partial charge is 0.388 e. The number of terminal acetylenes is 1. The normalized spacial score (nSPS) is 13.5. The van der Waals surface area contributed by atoms with Gasteiger partial charge in [-0.25, -0.2) is 4.79 Å². The molecule has 0 aliphatic heterocycles. The highest BCUT2D eigenvalue weighted by atomic mass is 16.3. The van der Waals surface area contributed by atoms with E-state index in [9.17, 15) is 9.90 Å². The van der Waals surface area contributed by atoms with Crippen molar-refractivity contribution in [2.75, 3.05) is 11.9 Å². The van der Waals surface area contributed by atoms with Crippen LogP contribution >= 0.6 is 0 Å². The topological polar surface area (TPSA) is 61.4 Å². The number of nitrogens with one attached hydrogen (secondary N) is 2. The maximum atomic E-state index is 11.7. The first-order valence-electron chi connectivity index (χ1n) is 6.19. The molecule has 1 rings (SSSR count). The van der Waals surface area contributed by atoms with E-state index in [-0.39, 0.29) is 18.5 Å². The van der Waals surface area contributed by atoms with Gasteiger partial charge in [-0.3, -0.25) is 0 Å². The summed E-state index contributed by atoms with van der Waals surface area (Å²) in [5.41, 5.74) is 0.391. The van der Waals surface area contributed by atoms with Gasteiger partial charge in [0.25, 0.3) is 0 Å². The van der Waals surface area contributed by atoms with Crippen LogP contribution in [0.3, 0.4) is 0 Å². The Morgan fingerprint density at radius 3 is 2.79 bits per heavy atom. The van der Waals surface area contributed by atoms with Crippen molar-refractivity contribution in [2.45, 2.75) is 26.4 Å². The lowest BCUT2D eigenvalue weighted by Crippen LogP contribution is -2.45. The summed E-state index contributed by atoms with van der Waals surface area (Å²) in [6, 6.07) is 6.65. The minimum Gasteiger partial charge on any atom is -0.388 e. The van der Waals surface area contributed by atoms with Crippen LogP contribution < -0.4 is 10.6 Å². The standard InChI is InChI=1S/C15H20N2O2/c1-5-12-7-6-8-13(9-12)17-14(18)16-10-15(4,19)11(2)3/h1,6-9,11,19H,10H2,2-4H3,(H2,16,17,18). The van der Waals surface area contributed by atoms with Crippen LogP contribution in [0.25, 0.3) is 0 Å². The Kier molecular flexibility index (Phi) is 4.96. The van der Waals surface area contributed by atoms with E-state index >= 15 is 0 Å². The van der Waals surface area contributed by atoms with Crippen molar-refractivity contribution in [3.63, 3.8) is 0 Å². The number of aliphatic hydroxyl groups is 1. The fourth-order valence-electron chi connectivity index (χ4n) is 1.33. The summed E-state index contributed by atoms with van der Waals surface area (Å²) in [5, 5.41) is 15.3. The van der Waals surface area contributed by atoms with E-state index in [0.29, 0.717) is 11.3 Å². The molecule has 0 radical (unpaired) electrons. The number of urea groups is 1. The van der Waals surface area contributed by atoms with Gasteiger partial charge in [-0.15, -0.1) is 6.42 Å². The molecule has 1 aromatic carbocycles. The van der Waals surface area contributed by atoms with Gasteiger partial charge in [0.15, 0.2) is 0 Å². The Labute approximate surface area is 114 Å². The maximum absolute atomic E-state index is 11.7. The van der Waals surface area contributed by atoms with E-state index in [1.807, 2.05) is 13.8 Å². The van der Waals surface area contributed by atoms with Gasteiger partial charge in [-0.05, 0) is 31.0 Å². The molecule has 0 saturated heterocycles. The van der Waals surface area contributed by atoms with Crippen LogP contribution in [-0.2, 0) is 0 Å². The molecule has 1 atom stereocenters. The fourth-order valence-corrected chi connectivity index (χ4v) is 1.33. The number of anilines is 1. The van der Waals surface area contributed by atoms with Crippen LogP contribution in [-0.4, -0.2) is 23.3 Å². The lowest BCUT2D eigenvalue weighted by Gasteiger charge is -2.27. The van der Waals surface area contributed by atoms with Crippen LogP contribution in [0.15, 0.2) is 24.3 Å². The van der Waals surface area contributed by atoms with Gasteiger partial charge in [0.1, 0.15) is 0 Å². The molecule has 2 amide bonds. The van der Waals surface area contributed by atoms with Gasteiger partial charge in [-0.2, -0.15) is 0 Å². The Balaban J connectivity index is 2.54. The molecule has 102 valence electrons. The molecule has 19 heavy (non-hydrogen) atoms. The Hall–Kier alpha value is -1.99. The van der Waals surface area contributed by atoms with E-state index in [4.69, 9.17) is 6.42 Å². The summed E-state index contributed by atoms with van der Waals surface area (Å²) in [4.78, 5) is 11.7. The monoisotopic (exact) mass is 260 g/mol. The summed E-state index contributed by atoms with van der Waals surface area (Å²) < 4.78 is 0. The van der Waals surface area contributed by atoms with Crippen molar-refractivity contribution >= 4 is 11.7 Å². The van der Waals surface area contributed by atoms with Crippen molar-refractivity contribution < 1.29 is 9.90 Å². The molecule has 0 bridgehead atoms. The molecule has 0 fully saturated rings. The number of rotatable bonds is 4. The summed E-state index contributed by atoms with van der Waals surface area (Å²) in [6.45, 7) is 5.67. The molecule has 0 aromatic heterocycles.